The van der Waals surface area contributed by atoms with E-state index in [0.717, 1.165) is 5.75 Å². The summed E-state index contributed by atoms with van der Waals surface area (Å²) in [6.07, 6.45) is 0.563. The summed E-state index contributed by atoms with van der Waals surface area (Å²) in [5, 5.41) is 14.6. The Kier molecular flexibility index (Phi) is 5.00. The summed E-state index contributed by atoms with van der Waals surface area (Å²) < 4.78 is 0. The van der Waals surface area contributed by atoms with Crippen LogP contribution < -0.4 is 5.32 Å². The number of halogens is 2. The fourth-order valence-corrected chi connectivity index (χ4v) is 3.46. The molecule has 0 spiro atoms. The summed E-state index contributed by atoms with van der Waals surface area (Å²) in [4.78, 5) is 0. The van der Waals surface area contributed by atoms with Crippen LogP contribution in [0.25, 0.3) is 0 Å². The maximum Gasteiger partial charge on any atom is 0.0929 e. The first kappa shape index (κ1) is 13.5. The molecule has 1 aliphatic rings. The van der Waals surface area contributed by atoms with Gasteiger partial charge in [-0.1, -0.05) is 23.2 Å². The first-order chi connectivity index (χ1) is 8.16. The number of hydrogen-bond donors (Lipinski definition) is 2. The zero-order valence-corrected chi connectivity index (χ0v) is 11.7. The van der Waals surface area contributed by atoms with E-state index < -0.39 is 6.10 Å². The summed E-state index contributed by atoms with van der Waals surface area (Å²) in [5.74, 6) is 2.32. The van der Waals surface area contributed by atoms with Gasteiger partial charge in [0.05, 0.1) is 6.10 Å². The van der Waals surface area contributed by atoms with Gasteiger partial charge in [-0.2, -0.15) is 11.8 Å². The lowest BCUT2D eigenvalue weighted by Crippen LogP contribution is -2.32. The summed E-state index contributed by atoms with van der Waals surface area (Å²) >= 11 is 13.9. The van der Waals surface area contributed by atoms with Crippen LogP contribution in [0.4, 0.5) is 0 Å². The minimum atomic E-state index is -0.605. The highest BCUT2D eigenvalue weighted by atomic mass is 35.5. The molecule has 2 rings (SSSR count). The fourth-order valence-electron chi connectivity index (χ4n) is 1.85. The van der Waals surface area contributed by atoms with Gasteiger partial charge in [0.15, 0.2) is 0 Å². The van der Waals surface area contributed by atoms with Gasteiger partial charge in [0.2, 0.25) is 0 Å². The Bertz CT molecular complexity index is 383. The zero-order chi connectivity index (χ0) is 12.3. The van der Waals surface area contributed by atoms with Gasteiger partial charge in [-0.25, -0.2) is 0 Å². The highest BCUT2D eigenvalue weighted by Crippen LogP contribution is 2.26. The Morgan fingerprint density at radius 1 is 1.47 bits per heavy atom. The Morgan fingerprint density at radius 3 is 3.00 bits per heavy atom. The van der Waals surface area contributed by atoms with Gasteiger partial charge in [-0.15, -0.1) is 0 Å². The molecule has 0 aliphatic carbocycles. The van der Waals surface area contributed by atoms with Gasteiger partial charge >= 0.3 is 0 Å². The molecule has 0 saturated carbocycles. The summed E-state index contributed by atoms with van der Waals surface area (Å²) in [7, 11) is 0. The van der Waals surface area contributed by atoms with Crippen molar-refractivity contribution >= 4 is 35.0 Å². The van der Waals surface area contributed by atoms with E-state index in [0.29, 0.717) is 28.2 Å². The molecule has 1 aromatic rings. The maximum absolute atomic E-state index is 10.1. The van der Waals surface area contributed by atoms with Gasteiger partial charge in [0.25, 0.3) is 0 Å². The average Bonchev–Trinajstić information content (AvgIpc) is 2.82. The number of aliphatic hydroxyl groups excluding tert-OH is 1. The lowest BCUT2D eigenvalue weighted by atomic mass is 10.1. The molecule has 2 N–H and O–H groups in total. The minimum absolute atomic E-state index is 0.507. The average molecular weight is 292 g/mol. The smallest absolute Gasteiger partial charge is 0.0929 e. The zero-order valence-electron chi connectivity index (χ0n) is 9.33. The first-order valence-electron chi connectivity index (χ1n) is 5.61. The van der Waals surface area contributed by atoms with E-state index in [-0.39, 0.29) is 0 Å². The molecule has 5 heteroatoms. The molecule has 1 aromatic carbocycles. The van der Waals surface area contributed by atoms with Crippen molar-refractivity contribution < 1.29 is 5.11 Å². The van der Waals surface area contributed by atoms with Gasteiger partial charge in [0.1, 0.15) is 0 Å². The van der Waals surface area contributed by atoms with Crippen molar-refractivity contribution in [1.29, 1.82) is 0 Å². The molecule has 0 radical (unpaired) electrons. The van der Waals surface area contributed by atoms with Crippen molar-refractivity contribution in [2.75, 3.05) is 18.1 Å². The normalized spacial score (nSPS) is 21.7. The molecule has 2 atom stereocenters. The number of aliphatic hydroxyl groups is 1. The predicted molar refractivity (Wildman–Crippen MR) is 75.2 cm³/mol. The third-order valence-corrected chi connectivity index (χ3v) is 4.59. The van der Waals surface area contributed by atoms with Crippen LogP contribution in [0.15, 0.2) is 18.2 Å². The minimum Gasteiger partial charge on any atom is -0.387 e. The molecule has 94 valence electrons. The third kappa shape index (κ3) is 3.76. The van der Waals surface area contributed by atoms with E-state index in [1.165, 1.54) is 12.2 Å². The van der Waals surface area contributed by atoms with E-state index >= 15 is 0 Å². The Hall–Kier alpha value is 0.0700. The third-order valence-electron chi connectivity index (χ3n) is 2.85. The van der Waals surface area contributed by atoms with Crippen LogP contribution in [0.2, 0.25) is 10.0 Å². The van der Waals surface area contributed by atoms with Crippen molar-refractivity contribution in [3.63, 3.8) is 0 Å². The highest BCUT2D eigenvalue weighted by molar-refractivity contribution is 7.99. The molecule has 1 aliphatic heterocycles. The van der Waals surface area contributed by atoms with Crippen LogP contribution in [0.3, 0.4) is 0 Å². The van der Waals surface area contributed by atoms with Gasteiger partial charge < -0.3 is 10.4 Å². The molecule has 0 aromatic heterocycles. The number of thioether (sulfide) groups is 1. The van der Waals surface area contributed by atoms with Crippen LogP contribution in [0.1, 0.15) is 18.1 Å². The Morgan fingerprint density at radius 2 is 2.29 bits per heavy atom. The Labute approximate surface area is 116 Å². The molecule has 1 fully saturated rings. The number of hydrogen-bond acceptors (Lipinski definition) is 3. The van der Waals surface area contributed by atoms with Gasteiger partial charge in [-0.3, -0.25) is 0 Å². The fraction of sp³-hybridized carbons (Fsp3) is 0.500. The molecule has 17 heavy (non-hydrogen) atoms. The van der Waals surface area contributed by atoms with E-state index in [1.807, 2.05) is 11.8 Å². The maximum atomic E-state index is 10.1. The largest absolute Gasteiger partial charge is 0.387 e. The monoisotopic (exact) mass is 291 g/mol. The first-order valence-corrected chi connectivity index (χ1v) is 7.52. The molecule has 2 unspecified atom stereocenters. The quantitative estimate of drug-likeness (QED) is 0.894. The van der Waals surface area contributed by atoms with Crippen LogP contribution >= 0.6 is 35.0 Å². The van der Waals surface area contributed by atoms with E-state index in [9.17, 15) is 5.11 Å². The molecule has 1 heterocycles. The molecular formula is C12H15Cl2NOS. The molecule has 0 amide bonds. The Balaban J connectivity index is 1.93. The lowest BCUT2D eigenvalue weighted by molar-refractivity contribution is 0.171. The van der Waals surface area contributed by atoms with E-state index in [2.05, 4.69) is 5.32 Å². The summed E-state index contributed by atoms with van der Waals surface area (Å²) in [6.45, 7) is 0.519. The molecule has 2 nitrogen and oxygen atoms in total. The van der Waals surface area contributed by atoms with Crippen molar-refractivity contribution in [2.45, 2.75) is 18.6 Å². The van der Waals surface area contributed by atoms with Crippen molar-refractivity contribution in [3.8, 4) is 0 Å². The highest BCUT2D eigenvalue weighted by Gasteiger charge is 2.18. The molecule has 0 bridgehead atoms. The van der Waals surface area contributed by atoms with Gasteiger partial charge in [0, 0.05) is 33.9 Å². The number of rotatable bonds is 4. The van der Waals surface area contributed by atoms with Crippen molar-refractivity contribution in [3.05, 3.63) is 33.8 Å². The van der Waals surface area contributed by atoms with Crippen molar-refractivity contribution in [1.82, 2.24) is 5.32 Å². The lowest BCUT2D eigenvalue weighted by Gasteiger charge is -2.17. The van der Waals surface area contributed by atoms with Crippen LogP contribution in [0, 0.1) is 0 Å². The van der Waals surface area contributed by atoms with Gasteiger partial charge in [-0.05, 0) is 30.4 Å². The van der Waals surface area contributed by atoms with E-state index in [1.54, 1.807) is 18.2 Å². The second-order valence-corrected chi connectivity index (χ2v) is 6.14. The van der Waals surface area contributed by atoms with E-state index in [4.69, 9.17) is 23.2 Å². The topological polar surface area (TPSA) is 32.3 Å². The standard InChI is InChI=1S/C12H15Cl2NOS/c13-8-1-2-11(14)10(5-8)12(16)6-15-9-3-4-17-7-9/h1-2,5,9,12,15-16H,3-4,6-7H2. The predicted octanol–water partition coefficient (Wildman–Crippen LogP) is 3.12. The SMILES string of the molecule is OC(CNC1CCSC1)c1cc(Cl)ccc1Cl. The second-order valence-electron chi connectivity index (χ2n) is 4.15. The summed E-state index contributed by atoms with van der Waals surface area (Å²) in [5.41, 5.74) is 0.692. The molecule has 1 saturated heterocycles. The number of nitrogens with one attached hydrogen (secondary N) is 1. The second kappa shape index (κ2) is 6.30. The number of benzene rings is 1. The van der Waals surface area contributed by atoms with Crippen molar-refractivity contribution in [2.24, 2.45) is 0 Å². The van der Waals surface area contributed by atoms with Crippen LogP contribution in [-0.2, 0) is 0 Å². The summed E-state index contributed by atoms with van der Waals surface area (Å²) in [6, 6.07) is 5.67. The van der Waals surface area contributed by atoms with Crippen LogP contribution in [-0.4, -0.2) is 29.2 Å². The van der Waals surface area contributed by atoms with Crippen LogP contribution in [0.5, 0.6) is 0 Å². The molecular weight excluding hydrogens is 277 g/mol.